The van der Waals surface area contributed by atoms with Crippen molar-refractivity contribution in [2.45, 2.75) is 59.7 Å². The van der Waals surface area contributed by atoms with Crippen LogP contribution in [0.2, 0.25) is 0 Å². The van der Waals surface area contributed by atoms with Crippen LogP contribution in [0.4, 0.5) is 0 Å². The summed E-state index contributed by atoms with van der Waals surface area (Å²) in [5.41, 5.74) is 2.04. The number of phenols is 1. The molecule has 144 valence electrons. The van der Waals surface area contributed by atoms with Crippen LogP contribution in [0.5, 0.6) is 11.5 Å². The number of hydrogen-bond donors (Lipinski definition) is 1. The molecule has 5 heteroatoms. The number of benzene rings is 1. The zero-order valence-corrected chi connectivity index (χ0v) is 16.2. The molecule has 0 aliphatic rings. The molecule has 0 aromatic heterocycles. The Morgan fingerprint density at radius 3 is 2.28 bits per heavy atom. The maximum absolute atomic E-state index is 9.66. The molecule has 0 aliphatic carbocycles. The Balaban J connectivity index is 2.17. The van der Waals surface area contributed by atoms with Gasteiger partial charge in [0.25, 0.3) is 0 Å². The maximum atomic E-state index is 9.66. The molecule has 0 atom stereocenters. The van der Waals surface area contributed by atoms with Crippen LogP contribution in [-0.4, -0.2) is 44.4 Å². The molecule has 1 N–H and O–H groups in total. The molecular formula is C20H34O5. The summed E-state index contributed by atoms with van der Waals surface area (Å²) in [7, 11) is 0. The van der Waals surface area contributed by atoms with Crippen molar-refractivity contribution in [2.24, 2.45) is 0 Å². The van der Waals surface area contributed by atoms with Crippen molar-refractivity contribution in [3.63, 3.8) is 0 Å². The molecule has 1 aromatic rings. The van der Waals surface area contributed by atoms with E-state index in [1.807, 2.05) is 20.8 Å². The molecule has 0 bridgehead atoms. The molecule has 1 rings (SSSR count). The third-order valence-electron chi connectivity index (χ3n) is 3.86. The fourth-order valence-electron chi connectivity index (χ4n) is 2.65. The Morgan fingerprint density at radius 2 is 1.64 bits per heavy atom. The van der Waals surface area contributed by atoms with Crippen LogP contribution in [-0.2, 0) is 20.6 Å². The van der Waals surface area contributed by atoms with Gasteiger partial charge in [-0.15, -0.1) is 0 Å². The zero-order valence-electron chi connectivity index (χ0n) is 16.2. The van der Waals surface area contributed by atoms with Gasteiger partial charge in [-0.1, -0.05) is 6.92 Å². The van der Waals surface area contributed by atoms with Crippen molar-refractivity contribution in [3.05, 3.63) is 23.3 Å². The van der Waals surface area contributed by atoms with E-state index < -0.39 is 0 Å². The zero-order chi connectivity index (χ0) is 18.5. The van der Waals surface area contributed by atoms with E-state index in [2.05, 4.69) is 6.92 Å². The Labute approximate surface area is 152 Å². The van der Waals surface area contributed by atoms with Gasteiger partial charge < -0.3 is 24.1 Å². The summed E-state index contributed by atoms with van der Waals surface area (Å²) in [4.78, 5) is 0. The van der Waals surface area contributed by atoms with Gasteiger partial charge in [0.2, 0.25) is 0 Å². The van der Waals surface area contributed by atoms with Crippen LogP contribution in [0.25, 0.3) is 0 Å². The van der Waals surface area contributed by atoms with E-state index in [9.17, 15) is 5.11 Å². The minimum absolute atomic E-state index is 0.261. The highest BCUT2D eigenvalue weighted by molar-refractivity contribution is 5.46. The fraction of sp³-hybridized carbons (Fsp3) is 0.700. The highest BCUT2D eigenvalue weighted by atomic mass is 16.7. The smallest absolute Gasteiger partial charge is 0.180 e. The highest BCUT2D eigenvalue weighted by Gasteiger charge is 2.09. The van der Waals surface area contributed by atoms with Crippen molar-refractivity contribution in [3.8, 4) is 11.5 Å². The average Bonchev–Trinajstić information content (AvgIpc) is 2.58. The van der Waals surface area contributed by atoms with E-state index in [1.165, 1.54) is 0 Å². The van der Waals surface area contributed by atoms with E-state index in [1.54, 1.807) is 12.1 Å². The minimum Gasteiger partial charge on any atom is -0.508 e. The van der Waals surface area contributed by atoms with Crippen LogP contribution in [0, 0.1) is 6.92 Å². The largest absolute Gasteiger partial charge is 0.508 e. The summed E-state index contributed by atoms with van der Waals surface area (Å²) in [6.07, 6.45) is 3.60. The van der Waals surface area contributed by atoms with Crippen LogP contribution >= 0.6 is 0 Å². The van der Waals surface area contributed by atoms with Crippen LogP contribution in [0.1, 0.15) is 51.2 Å². The molecule has 0 unspecified atom stereocenters. The highest BCUT2D eigenvalue weighted by Crippen LogP contribution is 2.29. The number of aromatic hydroxyl groups is 1. The van der Waals surface area contributed by atoms with Crippen molar-refractivity contribution >= 4 is 0 Å². The van der Waals surface area contributed by atoms with Gasteiger partial charge in [-0.2, -0.15) is 0 Å². The van der Waals surface area contributed by atoms with Gasteiger partial charge in [0, 0.05) is 19.8 Å². The first-order valence-electron chi connectivity index (χ1n) is 9.38. The number of ether oxygens (including phenoxy) is 4. The van der Waals surface area contributed by atoms with Gasteiger partial charge in [-0.05, 0) is 69.7 Å². The van der Waals surface area contributed by atoms with Gasteiger partial charge in [0.15, 0.2) is 6.29 Å². The Morgan fingerprint density at radius 1 is 0.960 bits per heavy atom. The second kappa shape index (κ2) is 13.0. The summed E-state index contributed by atoms with van der Waals surface area (Å²) in [6, 6.07) is 3.53. The van der Waals surface area contributed by atoms with Crippen molar-refractivity contribution < 1.29 is 24.1 Å². The molecule has 0 amide bonds. The third kappa shape index (κ3) is 8.56. The van der Waals surface area contributed by atoms with Gasteiger partial charge in [0.1, 0.15) is 11.5 Å². The first-order valence-corrected chi connectivity index (χ1v) is 9.38. The Hall–Kier alpha value is -1.30. The topological polar surface area (TPSA) is 57.2 Å². The van der Waals surface area contributed by atoms with E-state index in [-0.39, 0.29) is 6.29 Å². The van der Waals surface area contributed by atoms with Gasteiger partial charge >= 0.3 is 0 Å². The Bertz CT molecular complexity index is 469. The molecule has 0 aliphatic heterocycles. The van der Waals surface area contributed by atoms with Crippen LogP contribution < -0.4 is 4.74 Å². The Kier molecular flexibility index (Phi) is 11.3. The summed E-state index contributed by atoms with van der Waals surface area (Å²) in [5.74, 6) is 1.21. The molecule has 0 heterocycles. The maximum Gasteiger partial charge on any atom is 0.180 e. The fourth-order valence-corrected chi connectivity index (χ4v) is 2.65. The van der Waals surface area contributed by atoms with Crippen molar-refractivity contribution in [1.29, 1.82) is 0 Å². The predicted molar refractivity (Wildman–Crippen MR) is 99.4 cm³/mol. The first-order chi connectivity index (χ1) is 12.1. The van der Waals surface area contributed by atoms with E-state index in [0.29, 0.717) is 38.8 Å². The van der Waals surface area contributed by atoms with Gasteiger partial charge in [0.05, 0.1) is 13.2 Å². The lowest BCUT2D eigenvalue weighted by molar-refractivity contribution is -0.167. The monoisotopic (exact) mass is 354 g/mol. The van der Waals surface area contributed by atoms with Crippen LogP contribution in [0.15, 0.2) is 12.1 Å². The number of phenolic OH excluding ortho intramolecular Hbond substituents is 1. The molecule has 0 radical (unpaired) electrons. The second-order valence-electron chi connectivity index (χ2n) is 5.93. The number of aryl methyl sites for hydroxylation is 2. The molecule has 1 aromatic carbocycles. The summed E-state index contributed by atoms with van der Waals surface area (Å²) in [5, 5.41) is 9.66. The van der Waals surface area contributed by atoms with Crippen molar-refractivity contribution in [2.75, 3.05) is 33.0 Å². The van der Waals surface area contributed by atoms with E-state index in [4.69, 9.17) is 18.9 Å². The van der Waals surface area contributed by atoms with E-state index >= 15 is 0 Å². The lowest BCUT2D eigenvalue weighted by Gasteiger charge is -2.17. The predicted octanol–water partition coefficient (Wildman–Crippen LogP) is 4.23. The van der Waals surface area contributed by atoms with E-state index in [0.717, 1.165) is 42.6 Å². The second-order valence-corrected chi connectivity index (χ2v) is 5.93. The third-order valence-corrected chi connectivity index (χ3v) is 3.86. The SMILES string of the molecule is CCOC(COCCCCCOc1c(C)cc(O)cc1CC)OCC. The molecular weight excluding hydrogens is 320 g/mol. The lowest BCUT2D eigenvalue weighted by Crippen LogP contribution is -2.23. The summed E-state index contributed by atoms with van der Waals surface area (Å²) < 4.78 is 22.4. The minimum atomic E-state index is -0.261. The molecule has 0 spiro atoms. The van der Waals surface area contributed by atoms with Gasteiger partial charge in [-0.25, -0.2) is 0 Å². The molecule has 5 nitrogen and oxygen atoms in total. The average molecular weight is 354 g/mol. The van der Waals surface area contributed by atoms with Gasteiger partial charge in [-0.3, -0.25) is 0 Å². The summed E-state index contributed by atoms with van der Waals surface area (Å²) >= 11 is 0. The number of hydrogen-bond acceptors (Lipinski definition) is 5. The van der Waals surface area contributed by atoms with Crippen LogP contribution in [0.3, 0.4) is 0 Å². The first kappa shape index (κ1) is 21.7. The number of rotatable bonds is 14. The lowest BCUT2D eigenvalue weighted by atomic mass is 10.1. The molecule has 0 saturated carbocycles. The molecule has 25 heavy (non-hydrogen) atoms. The quantitative estimate of drug-likeness (QED) is 0.400. The molecule has 0 fully saturated rings. The standard InChI is InChI=1S/C20H34O5/c1-5-17-14-18(21)13-16(4)20(17)25-12-10-8-9-11-22-15-19(23-6-2)24-7-3/h13-14,19,21H,5-12,15H2,1-4H3. The number of unbranched alkanes of at least 4 members (excludes halogenated alkanes) is 2. The normalized spacial score (nSPS) is 11.2. The van der Waals surface area contributed by atoms with Crippen molar-refractivity contribution in [1.82, 2.24) is 0 Å². The summed E-state index contributed by atoms with van der Waals surface area (Å²) in [6.45, 7) is 11.0. The molecule has 0 saturated heterocycles.